The van der Waals surface area contributed by atoms with Crippen molar-refractivity contribution in [1.29, 1.82) is 0 Å². The SMILES string of the molecule is CCCNc1nc(C)nc(Sc2cccs2)c1C. The molecule has 0 fully saturated rings. The highest BCUT2D eigenvalue weighted by Gasteiger charge is 2.10. The minimum atomic E-state index is 0.818. The second kappa shape index (κ2) is 6.20. The zero-order chi connectivity index (χ0) is 13.0. The molecule has 0 unspecified atom stereocenters. The first-order chi connectivity index (χ1) is 8.70. The van der Waals surface area contributed by atoms with Crippen molar-refractivity contribution in [3.63, 3.8) is 0 Å². The molecular weight excluding hydrogens is 262 g/mol. The van der Waals surface area contributed by atoms with E-state index in [0.29, 0.717) is 0 Å². The van der Waals surface area contributed by atoms with Gasteiger partial charge in [-0.3, -0.25) is 0 Å². The maximum atomic E-state index is 4.53. The molecule has 0 atom stereocenters. The van der Waals surface area contributed by atoms with Crippen LogP contribution in [0.5, 0.6) is 0 Å². The molecule has 0 bridgehead atoms. The maximum Gasteiger partial charge on any atom is 0.133 e. The highest BCUT2D eigenvalue weighted by atomic mass is 32.2. The fourth-order valence-electron chi connectivity index (χ4n) is 1.53. The molecule has 0 aliphatic heterocycles. The van der Waals surface area contributed by atoms with Gasteiger partial charge in [-0.1, -0.05) is 24.8 Å². The lowest BCUT2D eigenvalue weighted by molar-refractivity contribution is 0.909. The van der Waals surface area contributed by atoms with Gasteiger partial charge in [0.2, 0.25) is 0 Å². The molecule has 5 heteroatoms. The molecule has 18 heavy (non-hydrogen) atoms. The molecule has 0 radical (unpaired) electrons. The van der Waals surface area contributed by atoms with Crippen LogP contribution in [0.3, 0.4) is 0 Å². The van der Waals surface area contributed by atoms with Crippen molar-refractivity contribution in [2.75, 3.05) is 11.9 Å². The van der Waals surface area contributed by atoms with Crippen molar-refractivity contribution in [2.45, 2.75) is 36.4 Å². The highest BCUT2D eigenvalue weighted by molar-refractivity contribution is 8.01. The van der Waals surface area contributed by atoms with Crippen LogP contribution in [0.1, 0.15) is 24.7 Å². The fraction of sp³-hybridized carbons (Fsp3) is 0.385. The second-order valence-corrected chi connectivity index (χ2v) is 6.25. The van der Waals surface area contributed by atoms with Crippen LogP contribution in [0.2, 0.25) is 0 Å². The lowest BCUT2D eigenvalue weighted by Crippen LogP contribution is -2.07. The van der Waals surface area contributed by atoms with Gasteiger partial charge in [-0.15, -0.1) is 11.3 Å². The van der Waals surface area contributed by atoms with Crippen molar-refractivity contribution >= 4 is 28.9 Å². The summed E-state index contributed by atoms with van der Waals surface area (Å²) in [5, 5.41) is 6.49. The van der Waals surface area contributed by atoms with Crippen LogP contribution >= 0.6 is 23.1 Å². The normalized spacial score (nSPS) is 10.6. The van der Waals surface area contributed by atoms with Crippen molar-refractivity contribution in [2.24, 2.45) is 0 Å². The average molecular weight is 279 g/mol. The lowest BCUT2D eigenvalue weighted by Gasteiger charge is -2.11. The number of rotatable bonds is 5. The predicted molar refractivity (Wildman–Crippen MR) is 78.7 cm³/mol. The molecule has 3 nitrogen and oxygen atoms in total. The molecule has 2 aromatic rings. The fourth-order valence-corrected chi connectivity index (χ4v) is 3.34. The van der Waals surface area contributed by atoms with E-state index in [-0.39, 0.29) is 0 Å². The van der Waals surface area contributed by atoms with E-state index >= 15 is 0 Å². The molecule has 2 rings (SSSR count). The predicted octanol–water partition coefficient (Wildman–Crippen LogP) is 4.13. The Balaban J connectivity index is 2.26. The summed E-state index contributed by atoms with van der Waals surface area (Å²) >= 11 is 3.45. The van der Waals surface area contributed by atoms with Crippen LogP contribution in [0.15, 0.2) is 26.7 Å². The molecule has 0 aromatic carbocycles. The Hall–Kier alpha value is -1.07. The van der Waals surface area contributed by atoms with Crippen LogP contribution in [0, 0.1) is 13.8 Å². The van der Waals surface area contributed by atoms with Crippen molar-refractivity contribution in [3.05, 3.63) is 28.9 Å². The molecular formula is C13H17N3S2. The first kappa shape index (κ1) is 13.4. The summed E-state index contributed by atoms with van der Waals surface area (Å²) in [6.07, 6.45) is 1.09. The number of nitrogens with one attached hydrogen (secondary N) is 1. The quantitative estimate of drug-likeness (QED) is 0.835. The Morgan fingerprint density at radius 2 is 2.17 bits per heavy atom. The van der Waals surface area contributed by atoms with E-state index in [2.05, 4.69) is 46.6 Å². The number of thiophene rings is 1. The number of anilines is 1. The van der Waals surface area contributed by atoms with Crippen LogP contribution in [-0.4, -0.2) is 16.5 Å². The Kier molecular flexibility index (Phi) is 4.60. The van der Waals surface area contributed by atoms with Gasteiger partial charge in [-0.2, -0.15) is 0 Å². The third-order valence-corrected chi connectivity index (χ3v) is 4.58. The molecule has 0 amide bonds. The van der Waals surface area contributed by atoms with Crippen LogP contribution in [-0.2, 0) is 0 Å². The Labute approximate surface area is 116 Å². The Bertz CT molecular complexity index is 509. The summed E-state index contributed by atoms with van der Waals surface area (Å²) in [6, 6.07) is 4.18. The van der Waals surface area contributed by atoms with Crippen molar-refractivity contribution < 1.29 is 0 Å². The molecule has 0 saturated carbocycles. The molecule has 0 aliphatic carbocycles. The molecule has 0 spiro atoms. The summed E-state index contributed by atoms with van der Waals surface area (Å²) in [5.74, 6) is 1.78. The number of aryl methyl sites for hydroxylation is 1. The van der Waals surface area contributed by atoms with E-state index in [9.17, 15) is 0 Å². The maximum absolute atomic E-state index is 4.53. The summed E-state index contributed by atoms with van der Waals surface area (Å²) in [6.45, 7) is 7.11. The molecule has 2 aromatic heterocycles. The highest BCUT2D eigenvalue weighted by Crippen LogP contribution is 2.33. The molecule has 2 heterocycles. The first-order valence-electron chi connectivity index (χ1n) is 6.01. The van der Waals surface area contributed by atoms with Crippen molar-refractivity contribution in [3.8, 4) is 0 Å². The minimum Gasteiger partial charge on any atom is -0.370 e. The number of aromatic nitrogens is 2. The van der Waals surface area contributed by atoms with Gasteiger partial charge in [-0.05, 0) is 31.7 Å². The standard InChI is InChI=1S/C13H17N3S2/c1-4-7-14-12-9(2)13(16-10(3)15-12)18-11-6-5-8-17-11/h5-6,8H,4,7H2,1-3H3,(H,14,15,16). The number of nitrogens with zero attached hydrogens (tertiary/aromatic N) is 2. The third-order valence-electron chi connectivity index (χ3n) is 2.45. The smallest absolute Gasteiger partial charge is 0.133 e. The van der Waals surface area contributed by atoms with Gasteiger partial charge in [0.25, 0.3) is 0 Å². The second-order valence-electron chi connectivity index (χ2n) is 4.01. The zero-order valence-corrected chi connectivity index (χ0v) is 12.5. The summed E-state index contributed by atoms with van der Waals surface area (Å²) in [7, 11) is 0. The van der Waals surface area contributed by atoms with E-state index in [0.717, 1.165) is 35.2 Å². The first-order valence-corrected chi connectivity index (χ1v) is 7.70. The largest absolute Gasteiger partial charge is 0.370 e. The number of hydrogen-bond donors (Lipinski definition) is 1. The summed E-state index contributed by atoms with van der Waals surface area (Å²) in [4.78, 5) is 9.00. The third kappa shape index (κ3) is 3.23. The van der Waals surface area contributed by atoms with Gasteiger partial charge in [0.05, 0.1) is 4.21 Å². The van der Waals surface area contributed by atoms with Crippen LogP contribution in [0.4, 0.5) is 5.82 Å². The average Bonchev–Trinajstić information content (AvgIpc) is 2.84. The van der Waals surface area contributed by atoms with E-state index in [1.807, 2.05) is 6.92 Å². The zero-order valence-electron chi connectivity index (χ0n) is 10.9. The van der Waals surface area contributed by atoms with E-state index < -0.39 is 0 Å². The van der Waals surface area contributed by atoms with E-state index in [1.165, 1.54) is 4.21 Å². The topological polar surface area (TPSA) is 37.8 Å². The van der Waals surface area contributed by atoms with E-state index in [1.54, 1.807) is 23.1 Å². The van der Waals surface area contributed by atoms with Gasteiger partial charge in [0.1, 0.15) is 16.7 Å². The molecule has 1 N–H and O–H groups in total. The van der Waals surface area contributed by atoms with Gasteiger partial charge < -0.3 is 5.32 Å². The summed E-state index contributed by atoms with van der Waals surface area (Å²) in [5.41, 5.74) is 1.13. The van der Waals surface area contributed by atoms with Crippen molar-refractivity contribution in [1.82, 2.24) is 9.97 Å². The van der Waals surface area contributed by atoms with Gasteiger partial charge in [-0.25, -0.2) is 9.97 Å². The van der Waals surface area contributed by atoms with Gasteiger partial charge in [0, 0.05) is 12.1 Å². The molecule has 96 valence electrons. The van der Waals surface area contributed by atoms with E-state index in [4.69, 9.17) is 0 Å². The van der Waals surface area contributed by atoms with Gasteiger partial charge >= 0.3 is 0 Å². The summed E-state index contributed by atoms with van der Waals surface area (Å²) < 4.78 is 1.26. The monoisotopic (exact) mass is 279 g/mol. The Morgan fingerprint density at radius 3 is 2.83 bits per heavy atom. The van der Waals surface area contributed by atoms with Crippen LogP contribution < -0.4 is 5.32 Å². The molecule has 0 aliphatic rings. The van der Waals surface area contributed by atoms with Gasteiger partial charge in [0.15, 0.2) is 0 Å². The minimum absolute atomic E-state index is 0.818. The Morgan fingerprint density at radius 1 is 1.33 bits per heavy atom. The lowest BCUT2D eigenvalue weighted by atomic mass is 10.3. The molecule has 0 saturated heterocycles. The van der Waals surface area contributed by atoms with Crippen LogP contribution in [0.25, 0.3) is 0 Å². The number of hydrogen-bond acceptors (Lipinski definition) is 5.